The average molecular weight is 326 g/mol. The van der Waals surface area contributed by atoms with E-state index in [-0.39, 0.29) is 21.1 Å². The molecule has 2 heterocycles. The Kier molecular flexibility index (Phi) is 4.45. The second-order valence-electron chi connectivity index (χ2n) is 3.08. The van der Waals surface area contributed by atoms with Crippen molar-refractivity contribution < 1.29 is 0 Å². The predicted molar refractivity (Wildman–Crippen MR) is 67.1 cm³/mol. The molecule has 10 heteroatoms. The molecule has 2 aromatic heterocycles. The van der Waals surface area contributed by atoms with Gasteiger partial charge in [0.05, 0.1) is 0 Å². The van der Waals surface area contributed by atoms with Crippen LogP contribution in [-0.2, 0) is 12.8 Å². The van der Waals surface area contributed by atoms with Crippen LogP contribution >= 0.6 is 46.4 Å². The number of aryl methyl sites for hydroxylation is 2. The molecule has 0 bridgehead atoms. The van der Waals surface area contributed by atoms with E-state index >= 15 is 0 Å². The molecular formula is C8H4Cl4N6. The minimum Gasteiger partial charge on any atom is -0.203 e. The van der Waals surface area contributed by atoms with E-state index < -0.39 is 0 Å². The van der Waals surface area contributed by atoms with Crippen molar-refractivity contribution in [1.29, 1.82) is 0 Å². The maximum absolute atomic E-state index is 5.65. The Morgan fingerprint density at radius 3 is 1.06 bits per heavy atom. The van der Waals surface area contributed by atoms with Crippen molar-refractivity contribution in [1.82, 2.24) is 29.9 Å². The van der Waals surface area contributed by atoms with Gasteiger partial charge in [0.1, 0.15) is 11.6 Å². The number of hydrogen-bond donors (Lipinski definition) is 0. The van der Waals surface area contributed by atoms with Crippen LogP contribution in [0.3, 0.4) is 0 Å². The lowest BCUT2D eigenvalue weighted by Gasteiger charge is -2.01. The fraction of sp³-hybridized carbons (Fsp3) is 0.250. The third-order valence-corrected chi connectivity index (χ3v) is 2.50. The van der Waals surface area contributed by atoms with Crippen LogP contribution in [0.2, 0.25) is 21.1 Å². The van der Waals surface area contributed by atoms with Crippen molar-refractivity contribution in [3.05, 3.63) is 32.8 Å². The van der Waals surface area contributed by atoms with E-state index in [4.69, 9.17) is 46.4 Å². The number of nitrogens with zero attached hydrogens (tertiary/aromatic N) is 6. The second kappa shape index (κ2) is 5.88. The van der Waals surface area contributed by atoms with E-state index in [2.05, 4.69) is 29.9 Å². The molecule has 0 aliphatic carbocycles. The number of aromatic nitrogens is 6. The summed E-state index contributed by atoms with van der Waals surface area (Å²) >= 11 is 22.6. The summed E-state index contributed by atoms with van der Waals surface area (Å²) in [6, 6.07) is 0. The SMILES string of the molecule is Clc1nc(Cl)nc(CCc2nc(Cl)nc(Cl)n2)n1. The van der Waals surface area contributed by atoms with Crippen molar-refractivity contribution in [2.24, 2.45) is 0 Å². The van der Waals surface area contributed by atoms with Gasteiger partial charge in [-0.25, -0.2) is 19.9 Å². The minimum absolute atomic E-state index is 0.0386. The van der Waals surface area contributed by atoms with E-state index in [9.17, 15) is 0 Å². The summed E-state index contributed by atoms with van der Waals surface area (Å²) in [5.41, 5.74) is 0. The van der Waals surface area contributed by atoms with Gasteiger partial charge in [0.2, 0.25) is 21.1 Å². The first-order chi connectivity index (χ1) is 8.52. The Morgan fingerprint density at radius 1 is 0.500 bits per heavy atom. The van der Waals surface area contributed by atoms with Gasteiger partial charge >= 0.3 is 0 Å². The molecule has 0 aliphatic heterocycles. The molecule has 0 saturated heterocycles. The predicted octanol–water partition coefficient (Wildman–Crippen LogP) is 2.46. The van der Waals surface area contributed by atoms with Crippen molar-refractivity contribution in [2.75, 3.05) is 0 Å². The molecule has 94 valence electrons. The van der Waals surface area contributed by atoms with E-state index in [1.54, 1.807) is 0 Å². The molecule has 2 rings (SSSR count). The second-order valence-corrected chi connectivity index (χ2v) is 4.43. The van der Waals surface area contributed by atoms with Gasteiger partial charge in [-0.2, -0.15) is 9.97 Å². The molecule has 0 saturated carbocycles. The highest BCUT2D eigenvalue weighted by Gasteiger charge is 2.07. The molecular weight excluding hydrogens is 322 g/mol. The van der Waals surface area contributed by atoms with E-state index in [0.29, 0.717) is 24.5 Å². The van der Waals surface area contributed by atoms with Gasteiger partial charge in [0, 0.05) is 12.8 Å². The zero-order valence-corrected chi connectivity index (χ0v) is 11.6. The van der Waals surface area contributed by atoms with Crippen molar-refractivity contribution >= 4 is 46.4 Å². The lowest BCUT2D eigenvalue weighted by molar-refractivity contribution is 0.782. The van der Waals surface area contributed by atoms with Crippen molar-refractivity contribution in [2.45, 2.75) is 12.8 Å². The Hall–Kier alpha value is -0.820. The molecule has 2 aromatic rings. The quantitative estimate of drug-likeness (QED) is 0.862. The molecule has 6 nitrogen and oxygen atoms in total. The lowest BCUT2D eigenvalue weighted by Crippen LogP contribution is -2.04. The Morgan fingerprint density at radius 2 is 0.778 bits per heavy atom. The molecule has 0 amide bonds. The first kappa shape index (κ1) is 13.6. The number of halogens is 4. The smallest absolute Gasteiger partial charge is 0.203 e. The summed E-state index contributed by atoms with van der Waals surface area (Å²) in [7, 11) is 0. The fourth-order valence-electron chi connectivity index (χ4n) is 1.18. The van der Waals surface area contributed by atoms with Crippen LogP contribution < -0.4 is 0 Å². The molecule has 0 radical (unpaired) electrons. The summed E-state index contributed by atoms with van der Waals surface area (Å²) in [6.07, 6.45) is 0.858. The lowest BCUT2D eigenvalue weighted by atomic mass is 10.3. The molecule has 0 atom stereocenters. The van der Waals surface area contributed by atoms with Crippen LogP contribution in [0.25, 0.3) is 0 Å². The van der Waals surface area contributed by atoms with E-state index in [1.807, 2.05) is 0 Å². The summed E-state index contributed by atoms with van der Waals surface area (Å²) < 4.78 is 0. The van der Waals surface area contributed by atoms with Gasteiger partial charge in [0.15, 0.2) is 0 Å². The Balaban J connectivity index is 2.11. The van der Waals surface area contributed by atoms with Crippen LogP contribution in [0.1, 0.15) is 11.6 Å². The van der Waals surface area contributed by atoms with Gasteiger partial charge in [-0.15, -0.1) is 0 Å². The van der Waals surface area contributed by atoms with E-state index in [1.165, 1.54) is 0 Å². The van der Waals surface area contributed by atoms with Crippen molar-refractivity contribution in [3.8, 4) is 0 Å². The van der Waals surface area contributed by atoms with Gasteiger partial charge in [0.25, 0.3) is 0 Å². The molecule has 18 heavy (non-hydrogen) atoms. The van der Waals surface area contributed by atoms with Gasteiger partial charge < -0.3 is 0 Å². The normalized spacial score (nSPS) is 10.7. The highest BCUT2D eigenvalue weighted by Crippen LogP contribution is 2.10. The van der Waals surface area contributed by atoms with Crippen LogP contribution in [0, 0.1) is 0 Å². The van der Waals surface area contributed by atoms with Crippen LogP contribution in [0.15, 0.2) is 0 Å². The monoisotopic (exact) mass is 324 g/mol. The third kappa shape index (κ3) is 3.84. The summed E-state index contributed by atoms with van der Waals surface area (Å²) in [5, 5.41) is 0.154. The maximum atomic E-state index is 5.65. The zero-order valence-electron chi connectivity index (χ0n) is 8.61. The minimum atomic E-state index is 0.0386. The number of rotatable bonds is 3. The van der Waals surface area contributed by atoms with Crippen LogP contribution in [0.5, 0.6) is 0 Å². The van der Waals surface area contributed by atoms with Gasteiger partial charge in [-0.05, 0) is 46.4 Å². The van der Waals surface area contributed by atoms with E-state index in [0.717, 1.165) is 0 Å². The first-order valence-corrected chi connectivity index (χ1v) is 6.16. The fourth-order valence-corrected chi connectivity index (χ4v) is 1.97. The summed E-state index contributed by atoms with van der Waals surface area (Å²) in [5.74, 6) is 0.875. The topological polar surface area (TPSA) is 77.3 Å². The zero-order chi connectivity index (χ0) is 13.1. The standard InChI is InChI=1S/C8H4Cl4N6/c9-5-13-3(14-6(10)17-5)1-2-4-15-7(11)18-8(12)16-4/h1-2H2. The number of hydrogen-bond acceptors (Lipinski definition) is 6. The Labute approximate surface area is 122 Å². The summed E-state index contributed by atoms with van der Waals surface area (Å²) in [6.45, 7) is 0. The van der Waals surface area contributed by atoms with Crippen LogP contribution in [0.4, 0.5) is 0 Å². The summed E-state index contributed by atoms with van der Waals surface area (Å²) in [4.78, 5) is 22.9. The molecule has 0 unspecified atom stereocenters. The molecule has 0 aliphatic rings. The highest BCUT2D eigenvalue weighted by atomic mass is 35.5. The molecule has 0 aromatic carbocycles. The average Bonchev–Trinajstić information content (AvgIpc) is 2.23. The molecule has 0 N–H and O–H groups in total. The Bertz CT molecular complexity index is 486. The van der Waals surface area contributed by atoms with Crippen molar-refractivity contribution in [3.63, 3.8) is 0 Å². The highest BCUT2D eigenvalue weighted by molar-refractivity contribution is 6.31. The van der Waals surface area contributed by atoms with Crippen LogP contribution in [-0.4, -0.2) is 29.9 Å². The first-order valence-electron chi connectivity index (χ1n) is 4.65. The maximum Gasteiger partial charge on any atom is 0.226 e. The van der Waals surface area contributed by atoms with Gasteiger partial charge in [-0.1, -0.05) is 0 Å². The largest absolute Gasteiger partial charge is 0.226 e. The molecule has 0 fully saturated rings. The molecule has 0 spiro atoms. The van der Waals surface area contributed by atoms with Gasteiger partial charge in [-0.3, -0.25) is 0 Å². The third-order valence-electron chi connectivity index (χ3n) is 1.83.